The number of aromatic nitrogens is 5. The van der Waals surface area contributed by atoms with Gasteiger partial charge in [-0.15, -0.1) is 0 Å². The molecule has 0 bridgehead atoms. The van der Waals surface area contributed by atoms with Crippen molar-refractivity contribution in [1.29, 1.82) is 0 Å². The third-order valence-electron chi connectivity index (χ3n) is 23.7. The summed E-state index contributed by atoms with van der Waals surface area (Å²) in [5.74, 6) is 0. The molecule has 0 radical (unpaired) electrons. The average Bonchev–Trinajstić information content (AvgIpc) is 0.792. The van der Waals surface area contributed by atoms with Gasteiger partial charge in [-0.2, -0.15) is 0 Å². The number of halogens is 4. The SMILES string of the molecule is Clc1cccc(-c2cc(-c3cccc(-c4cccnc4)c3)nc(-c3cccc(-c4cccnc4)c3)c2)c1.Clc1cccc(-c2cc(-c3cccc(Br)c3)nc(-c3cccc(Br)c3)c2)c1.OB(O)c1cccnc1.[Pd].c1ccc(P(c2ccccc2)c2ccccc2)cc1.c1ccc(P(c2ccccc2)c2ccccc2)cc1.c1ccc(P(c2ccccc2)c2ccccc2)cc1.c1ccc(P(c2ccccc2)c2ccccc2)cc1. The van der Waals surface area contributed by atoms with Crippen LogP contribution in [0, 0.1) is 0 Å². The molecule has 0 fully saturated rings. The third kappa shape index (κ3) is 31.4. The maximum absolute atomic E-state index is 8.54. The number of pyridine rings is 5. The van der Waals surface area contributed by atoms with Crippen molar-refractivity contribution >= 4 is 163 Å². The zero-order valence-electron chi connectivity index (χ0n) is 81.6. The van der Waals surface area contributed by atoms with Crippen LogP contribution in [0.15, 0.2) is 616 Å². The Morgan fingerprint density at radius 1 is 0.180 bits per heavy atom. The molecular weight excluding hydrogens is 2170 g/mol. The molecule has 0 saturated heterocycles. The van der Waals surface area contributed by atoms with Gasteiger partial charge in [0.05, 0.1) is 22.8 Å². The van der Waals surface area contributed by atoms with Crippen LogP contribution < -0.4 is 69.1 Å². The Morgan fingerprint density at radius 2 is 0.373 bits per heavy atom. The fourth-order valence-corrected chi connectivity index (χ4v) is 27.0. The largest absolute Gasteiger partial charge is 0.490 e. The van der Waals surface area contributed by atoms with Gasteiger partial charge < -0.3 is 10.0 Å². The van der Waals surface area contributed by atoms with Gasteiger partial charge in [-0.3, -0.25) is 15.0 Å². The van der Waals surface area contributed by atoms with E-state index < -0.39 is 38.8 Å². The van der Waals surface area contributed by atoms with Gasteiger partial charge in [-0.05, 0) is 232 Å². The summed E-state index contributed by atoms with van der Waals surface area (Å²) >= 11 is 19.7. The van der Waals surface area contributed by atoms with E-state index in [9.17, 15) is 0 Å². The molecule has 7 nitrogen and oxygen atoms in total. The summed E-state index contributed by atoms with van der Waals surface area (Å²) in [4.78, 5) is 22.3. The second kappa shape index (κ2) is 57.4. The summed E-state index contributed by atoms with van der Waals surface area (Å²) in [5, 5.41) is 35.3. The summed E-state index contributed by atoms with van der Waals surface area (Å²) in [6.07, 6.45) is 10.3. The summed E-state index contributed by atoms with van der Waals surface area (Å²) in [6, 6.07) is 198. The molecule has 0 spiro atoms. The molecule has 0 unspecified atom stereocenters. The van der Waals surface area contributed by atoms with E-state index in [-0.39, 0.29) is 20.4 Å². The van der Waals surface area contributed by atoms with Crippen molar-refractivity contribution in [3.63, 3.8) is 0 Å². The van der Waals surface area contributed by atoms with Crippen molar-refractivity contribution in [3.8, 4) is 89.5 Å². The van der Waals surface area contributed by atoms with Crippen LogP contribution in [-0.2, 0) is 20.4 Å². The molecule has 0 aliphatic rings. The predicted octanol–water partition coefficient (Wildman–Crippen LogP) is 29.7. The fraction of sp³-hybridized carbons (Fsp3) is 0. The number of benzene rings is 18. The van der Waals surface area contributed by atoms with E-state index >= 15 is 0 Å². The standard InChI is InChI=1S/C33H22ClN3.C23H14Br2ClN.4C18H15P.C5H6BNO2.Pd/c34-31-13-3-8-25(18-31)30-19-32(26-9-1-6-23(16-26)28-11-4-14-35-21-28)37-33(20-30)27-10-2-7-24(17-27)29-12-5-15-36-22-29;24-19-7-1-5-16(10-19)22-13-18(15-4-3-9-21(26)12-15)14-23(27-22)17-6-2-8-20(25)11-17;4*1-4-10-16(11-5-1)19(17-12-6-2-7-13-17)18-14-8-3-9-15-18;8-6(9)5-2-1-3-7-4-5;/h1-22H;1-14H;4*1-15H;1-4,8-9H;. The van der Waals surface area contributed by atoms with Crippen LogP contribution in [0.5, 0.6) is 0 Å². The van der Waals surface area contributed by atoms with Crippen molar-refractivity contribution in [2.75, 3.05) is 0 Å². The van der Waals surface area contributed by atoms with Crippen LogP contribution >= 0.6 is 86.7 Å². The zero-order valence-corrected chi connectivity index (χ0v) is 91.4. The fourth-order valence-electron chi connectivity index (χ4n) is 16.6. The maximum Gasteiger partial charge on any atom is 0.490 e. The molecule has 5 heterocycles. The average molecular weight is 2270 g/mol. The molecule has 0 aliphatic heterocycles. The van der Waals surface area contributed by atoms with Crippen molar-refractivity contribution < 1.29 is 30.5 Å². The second-order valence-corrected chi connectivity index (χ2v) is 45.6. The monoisotopic (exact) mass is 2270 g/mol. The number of nitrogens with zero attached hydrogens (tertiary/aromatic N) is 5. The van der Waals surface area contributed by atoms with Crippen molar-refractivity contribution in [1.82, 2.24) is 24.9 Å². The number of rotatable bonds is 21. The van der Waals surface area contributed by atoms with Crippen LogP contribution in [0.2, 0.25) is 10.0 Å². The minimum atomic E-state index is -1.40. The van der Waals surface area contributed by atoms with Crippen LogP contribution in [0.25, 0.3) is 89.5 Å². The van der Waals surface area contributed by atoms with E-state index in [2.05, 4.69) is 532 Å². The van der Waals surface area contributed by atoms with Gasteiger partial charge in [-0.1, -0.05) is 522 Å². The summed E-state index contributed by atoms with van der Waals surface area (Å²) in [6.45, 7) is 0. The number of hydrogen-bond donors (Lipinski definition) is 2. The van der Waals surface area contributed by atoms with E-state index in [0.29, 0.717) is 10.5 Å². The Labute approximate surface area is 925 Å². The number of hydrogen-bond acceptors (Lipinski definition) is 7. The molecule has 5 aromatic heterocycles. The molecule has 0 amide bonds. The first-order valence-electron chi connectivity index (χ1n) is 48.6. The smallest absolute Gasteiger partial charge is 0.423 e. The first-order valence-corrected chi connectivity index (χ1v) is 56.3. The molecule has 17 heteroatoms. The van der Waals surface area contributed by atoms with Crippen molar-refractivity contribution in [2.45, 2.75) is 0 Å². The summed E-state index contributed by atoms with van der Waals surface area (Å²) in [7, 11) is -3.19. The first-order chi connectivity index (χ1) is 73.4. The molecule has 0 saturated carbocycles. The Bertz CT molecular complexity index is 6920. The van der Waals surface area contributed by atoms with Gasteiger partial charge in [0.1, 0.15) is 0 Å². The quantitative estimate of drug-likeness (QED) is 0.0545. The van der Waals surface area contributed by atoms with Gasteiger partial charge >= 0.3 is 7.12 Å². The van der Waals surface area contributed by atoms with Gasteiger partial charge in [0, 0.05) is 115 Å². The van der Waals surface area contributed by atoms with E-state index in [0.717, 1.165) is 104 Å². The predicted molar refractivity (Wildman–Crippen MR) is 648 cm³/mol. The molecule has 0 atom stereocenters. The van der Waals surface area contributed by atoms with E-state index in [1.165, 1.54) is 69.9 Å². The molecule has 23 aromatic rings. The van der Waals surface area contributed by atoms with Crippen molar-refractivity contribution in [2.24, 2.45) is 0 Å². The molecule has 150 heavy (non-hydrogen) atoms. The Morgan fingerprint density at radius 3 is 0.567 bits per heavy atom. The maximum atomic E-state index is 8.54. The molecule has 732 valence electrons. The zero-order chi connectivity index (χ0) is 102. The topological polar surface area (TPSA) is 105 Å². The van der Waals surface area contributed by atoms with Gasteiger partial charge in [0.2, 0.25) is 0 Å². The first kappa shape index (κ1) is 108. The van der Waals surface area contributed by atoms with Crippen LogP contribution in [-0.4, -0.2) is 42.1 Å². The minimum Gasteiger partial charge on any atom is -0.423 e. The second-order valence-electron chi connectivity index (χ2n) is 34.0. The van der Waals surface area contributed by atoms with E-state index in [4.69, 9.17) is 43.2 Å². The van der Waals surface area contributed by atoms with Gasteiger partial charge in [0.25, 0.3) is 0 Å². The molecule has 23 rings (SSSR count). The van der Waals surface area contributed by atoms with Crippen LogP contribution in [0.3, 0.4) is 0 Å². The Kier molecular flexibility index (Phi) is 41.5. The van der Waals surface area contributed by atoms with E-state index in [1.54, 1.807) is 30.7 Å². The van der Waals surface area contributed by atoms with Crippen molar-refractivity contribution in [3.05, 3.63) is 626 Å². The normalized spacial score (nSPS) is 10.5. The van der Waals surface area contributed by atoms with Gasteiger partial charge in [0.15, 0.2) is 0 Å². The Balaban J connectivity index is 0.000000128. The third-order valence-corrected chi connectivity index (χ3v) is 34.9. The molecule has 18 aromatic carbocycles. The molecule has 2 N–H and O–H groups in total. The van der Waals surface area contributed by atoms with Crippen LogP contribution in [0.1, 0.15) is 0 Å². The molecule has 0 aliphatic carbocycles. The Hall–Kier alpha value is -14.4. The summed E-state index contributed by atoms with van der Waals surface area (Å²) < 4.78 is 2.05. The minimum absolute atomic E-state index is 0. The summed E-state index contributed by atoms with van der Waals surface area (Å²) in [5.41, 5.74) is 16.8. The molecular formula is C133H102BBr2Cl2N5O2P4Pd. The van der Waals surface area contributed by atoms with Crippen LogP contribution in [0.4, 0.5) is 0 Å². The van der Waals surface area contributed by atoms with E-state index in [1.807, 2.05) is 85.2 Å². The van der Waals surface area contributed by atoms with Gasteiger partial charge in [-0.25, -0.2) is 9.97 Å².